The number of carbonyl (C=O) groups excluding carboxylic acids is 2. The van der Waals surface area contributed by atoms with Gasteiger partial charge in [0, 0.05) is 31.0 Å². The molecule has 0 heterocycles. The summed E-state index contributed by atoms with van der Waals surface area (Å²) < 4.78 is 0. The molecule has 0 saturated heterocycles. The van der Waals surface area contributed by atoms with Crippen LogP contribution in [0.15, 0.2) is 0 Å². The minimum Gasteiger partial charge on any atom is -0.355 e. The minimum atomic E-state index is -0.419. The van der Waals surface area contributed by atoms with Gasteiger partial charge in [0.25, 0.3) is 0 Å². The summed E-state index contributed by atoms with van der Waals surface area (Å²) in [5.74, 6) is -0.0950. The summed E-state index contributed by atoms with van der Waals surface area (Å²) in [5, 5.41) is 5.66. The molecular weight excluding hydrogens is 278 g/mol. The molecule has 0 aromatic heterocycles. The van der Waals surface area contributed by atoms with Crippen molar-refractivity contribution in [3.8, 4) is 0 Å². The van der Waals surface area contributed by atoms with Crippen LogP contribution in [0, 0.1) is 5.41 Å². The lowest BCUT2D eigenvalue weighted by Gasteiger charge is -2.19. The quantitative estimate of drug-likeness (QED) is 0.637. The lowest BCUT2D eigenvalue weighted by Crippen LogP contribution is -2.42. The van der Waals surface area contributed by atoms with E-state index in [1.165, 1.54) is 0 Å². The average molecular weight is 308 g/mol. The van der Waals surface area contributed by atoms with Gasteiger partial charge in [-0.05, 0) is 6.42 Å². The van der Waals surface area contributed by atoms with Crippen LogP contribution in [0.25, 0.3) is 0 Å². The summed E-state index contributed by atoms with van der Waals surface area (Å²) in [7, 11) is 0. The SMILES string of the molecule is CCCCC(CN)NC(=O)CCNC(=O)C(C)(C)C.Cl. The highest BCUT2D eigenvalue weighted by Crippen LogP contribution is 2.12. The highest BCUT2D eigenvalue weighted by atomic mass is 35.5. The zero-order chi connectivity index (χ0) is 14.9. The smallest absolute Gasteiger partial charge is 0.225 e. The van der Waals surface area contributed by atoms with Crippen molar-refractivity contribution in [1.82, 2.24) is 10.6 Å². The summed E-state index contributed by atoms with van der Waals surface area (Å²) in [6, 6.07) is 0.0470. The Kier molecular flexibility index (Phi) is 11.7. The molecule has 0 spiro atoms. The maximum absolute atomic E-state index is 11.7. The molecule has 1 unspecified atom stereocenters. The number of hydrogen-bond donors (Lipinski definition) is 3. The first-order chi connectivity index (χ1) is 8.81. The van der Waals surface area contributed by atoms with Crippen LogP contribution in [0.5, 0.6) is 0 Å². The van der Waals surface area contributed by atoms with E-state index >= 15 is 0 Å². The standard InChI is InChI=1S/C14H29N3O2.ClH/c1-5-6-7-11(10-15)17-12(18)8-9-16-13(19)14(2,3)4;/h11H,5-10,15H2,1-4H3,(H,16,19)(H,17,18);1H. The van der Waals surface area contributed by atoms with Crippen molar-refractivity contribution in [1.29, 1.82) is 0 Å². The Labute approximate surface area is 128 Å². The number of rotatable bonds is 8. The van der Waals surface area contributed by atoms with Crippen molar-refractivity contribution in [3.05, 3.63) is 0 Å². The number of nitrogens with one attached hydrogen (secondary N) is 2. The normalized spacial score (nSPS) is 12.2. The van der Waals surface area contributed by atoms with E-state index < -0.39 is 5.41 Å². The molecule has 2 amide bonds. The first-order valence-electron chi connectivity index (χ1n) is 7.09. The second-order valence-corrected chi connectivity index (χ2v) is 5.90. The van der Waals surface area contributed by atoms with E-state index in [0.717, 1.165) is 19.3 Å². The Morgan fingerprint density at radius 3 is 2.30 bits per heavy atom. The fraction of sp³-hybridized carbons (Fsp3) is 0.857. The van der Waals surface area contributed by atoms with Gasteiger partial charge in [0.05, 0.1) is 0 Å². The molecular formula is C14H30ClN3O2. The molecule has 120 valence electrons. The molecule has 0 fully saturated rings. The summed E-state index contributed by atoms with van der Waals surface area (Å²) in [4.78, 5) is 23.3. The third kappa shape index (κ3) is 10.0. The second-order valence-electron chi connectivity index (χ2n) is 5.90. The van der Waals surface area contributed by atoms with E-state index in [0.29, 0.717) is 19.5 Å². The molecule has 6 heteroatoms. The van der Waals surface area contributed by atoms with Crippen LogP contribution in [-0.4, -0.2) is 30.9 Å². The predicted molar refractivity (Wildman–Crippen MR) is 84.8 cm³/mol. The fourth-order valence-corrected chi connectivity index (χ4v) is 1.55. The Balaban J connectivity index is 0. The van der Waals surface area contributed by atoms with Crippen molar-refractivity contribution in [2.24, 2.45) is 11.1 Å². The van der Waals surface area contributed by atoms with Gasteiger partial charge in [0.1, 0.15) is 0 Å². The van der Waals surface area contributed by atoms with Crippen LogP contribution in [-0.2, 0) is 9.59 Å². The largest absolute Gasteiger partial charge is 0.355 e. The van der Waals surface area contributed by atoms with Gasteiger partial charge in [-0.25, -0.2) is 0 Å². The lowest BCUT2D eigenvalue weighted by molar-refractivity contribution is -0.128. The van der Waals surface area contributed by atoms with Gasteiger partial charge in [-0.2, -0.15) is 0 Å². The van der Waals surface area contributed by atoms with Gasteiger partial charge in [0.2, 0.25) is 11.8 Å². The molecule has 0 aliphatic carbocycles. The highest BCUT2D eigenvalue weighted by Gasteiger charge is 2.20. The topological polar surface area (TPSA) is 84.2 Å². The van der Waals surface area contributed by atoms with Crippen LogP contribution in [0.1, 0.15) is 53.4 Å². The third-order valence-electron chi connectivity index (χ3n) is 2.87. The van der Waals surface area contributed by atoms with Crippen molar-refractivity contribution < 1.29 is 9.59 Å². The summed E-state index contributed by atoms with van der Waals surface area (Å²) in [6.45, 7) is 8.47. The van der Waals surface area contributed by atoms with E-state index in [1.54, 1.807) is 0 Å². The molecule has 0 aromatic rings. The Morgan fingerprint density at radius 2 is 1.85 bits per heavy atom. The molecule has 0 aromatic carbocycles. The molecule has 0 radical (unpaired) electrons. The van der Waals surface area contributed by atoms with Crippen molar-refractivity contribution in [2.75, 3.05) is 13.1 Å². The van der Waals surface area contributed by atoms with E-state index in [-0.39, 0.29) is 30.3 Å². The van der Waals surface area contributed by atoms with Crippen LogP contribution in [0.3, 0.4) is 0 Å². The number of hydrogen-bond acceptors (Lipinski definition) is 3. The van der Waals surface area contributed by atoms with Crippen LogP contribution in [0.2, 0.25) is 0 Å². The predicted octanol–water partition coefficient (Wildman–Crippen LogP) is 1.59. The third-order valence-corrected chi connectivity index (χ3v) is 2.87. The molecule has 0 aliphatic rings. The first kappa shape index (κ1) is 21.5. The van der Waals surface area contributed by atoms with Crippen LogP contribution < -0.4 is 16.4 Å². The van der Waals surface area contributed by atoms with Crippen LogP contribution >= 0.6 is 12.4 Å². The molecule has 0 rings (SSSR count). The molecule has 20 heavy (non-hydrogen) atoms. The van der Waals surface area contributed by atoms with Gasteiger partial charge in [-0.15, -0.1) is 12.4 Å². The van der Waals surface area contributed by atoms with Gasteiger partial charge < -0.3 is 16.4 Å². The molecule has 5 nitrogen and oxygen atoms in total. The monoisotopic (exact) mass is 307 g/mol. The molecule has 0 bridgehead atoms. The maximum Gasteiger partial charge on any atom is 0.225 e. The van der Waals surface area contributed by atoms with Gasteiger partial charge in [-0.1, -0.05) is 40.5 Å². The van der Waals surface area contributed by atoms with Gasteiger partial charge >= 0.3 is 0 Å². The molecule has 1 atom stereocenters. The maximum atomic E-state index is 11.7. The Bertz CT molecular complexity index is 291. The number of carbonyl (C=O) groups is 2. The van der Waals surface area contributed by atoms with Gasteiger partial charge in [-0.3, -0.25) is 9.59 Å². The number of halogens is 1. The van der Waals surface area contributed by atoms with Gasteiger partial charge in [0.15, 0.2) is 0 Å². The summed E-state index contributed by atoms with van der Waals surface area (Å²) >= 11 is 0. The second kappa shape index (κ2) is 10.9. The Hall–Kier alpha value is -0.810. The summed E-state index contributed by atoms with van der Waals surface area (Å²) in [6.07, 6.45) is 3.36. The van der Waals surface area contributed by atoms with Crippen molar-refractivity contribution in [2.45, 2.75) is 59.4 Å². The van der Waals surface area contributed by atoms with E-state index in [9.17, 15) is 9.59 Å². The molecule has 0 saturated carbocycles. The molecule has 0 aliphatic heterocycles. The van der Waals surface area contributed by atoms with Crippen molar-refractivity contribution in [3.63, 3.8) is 0 Å². The summed E-state index contributed by atoms with van der Waals surface area (Å²) in [5.41, 5.74) is 5.19. The highest BCUT2D eigenvalue weighted by molar-refractivity contribution is 5.85. The number of nitrogens with two attached hydrogens (primary N) is 1. The average Bonchev–Trinajstić information content (AvgIpc) is 2.33. The van der Waals surface area contributed by atoms with Crippen molar-refractivity contribution >= 4 is 24.2 Å². The number of unbranched alkanes of at least 4 members (excludes halogenated alkanes) is 1. The minimum absolute atomic E-state index is 0. The van der Waals surface area contributed by atoms with E-state index in [1.807, 2.05) is 20.8 Å². The first-order valence-corrected chi connectivity index (χ1v) is 7.09. The zero-order valence-electron chi connectivity index (χ0n) is 13.1. The van der Waals surface area contributed by atoms with E-state index in [4.69, 9.17) is 5.73 Å². The van der Waals surface area contributed by atoms with E-state index in [2.05, 4.69) is 17.6 Å². The zero-order valence-corrected chi connectivity index (χ0v) is 13.9. The fourth-order valence-electron chi connectivity index (χ4n) is 1.55. The Morgan fingerprint density at radius 1 is 1.25 bits per heavy atom. The van der Waals surface area contributed by atoms with Crippen LogP contribution in [0.4, 0.5) is 0 Å². The lowest BCUT2D eigenvalue weighted by atomic mass is 9.96. The number of amides is 2. The molecule has 4 N–H and O–H groups in total.